The van der Waals surface area contributed by atoms with Crippen LogP contribution in [-0.4, -0.2) is 10.3 Å². The van der Waals surface area contributed by atoms with E-state index >= 15 is 0 Å². The van der Waals surface area contributed by atoms with Crippen LogP contribution in [0.15, 0.2) is 70.6 Å². The van der Waals surface area contributed by atoms with Gasteiger partial charge in [-0.05, 0) is 61.4 Å². The van der Waals surface area contributed by atoms with Crippen molar-refractivity contribution in [2.75, 3.05) is 0 Å². The first-order valence-electron chi connectivity index (χ1n) is 9.84. The van der Waals surface area contributed by atoms with E-state index < -0.39 is 0 Å². The first kappa shape index (κ1) is 24.5. The number of nitrogens with zero attached hydrogens (tertiary/aromatic N) is 2. The second kappa shape index (κ2) is 11.7. The summed E-state index contributed by atoms with van der Waals surface area (Å²) in [6.45, 7) is 4.07. The summed E-state index contributed by atoms with van der Waals surface area (Å²) in [7, 11) is 0. The number of halogens is 2. The van der Waals surface area contributed by atoms with E-state index in [1.165, 1.54) is 34.7 Å². The highest BCUT2D eigenvalue weighted by atomic mass is 35.5. The van der Waals surface area contributed by atoms with Crippen molar-refractivity contribution in [2.24, 2.45) is 21.5 Å². The molecule has 4 nitrogen and oxygen atoms in total. The second-order valence-corrected chi connectivity index (χ2v) is 9.99. The first-order chi connectivity index (χ1) is 15.3. The molecule has 3 rings (SSSR count). The van der Waals surface area contributed by atoms with Crippen molar-refractivity contribution in [3.63, 3.8) is 0 Å². The van der Waals surface area contributed by atoms with Crippen LogP contribution in [0.4, 0.5) is 11.4 Å². The number of rotatable bonds is 6. The normalized spacial score (nSPS) is 12.2. The number of hydrogen-bond acceptors (Lipinski definition) is 4. The number of nitrogens with two attached hydrogens (primary N) is 2. The summed E-state index contributed by atoms with van der Waals surface area (Å²) in [5.41, 5.74) is 18.3. The monoisotopic (exact) mass is 502 g/mol. The largest absolute Gasteiger partial charge is 0.378 e. The lowest BCUT2D eigenvalue weighted by Gasteiger charge is -2.11. The summed E-state index contributed by atoms with van der Waals surface area (Å²) in [6.07, 6.45) is 0. The lowest BCUT2D eigenvalue weighted by atomic mass is 10.1. The highest BCUT2D eigenvalue weighted by molar-refractivity contribution is 8.13. The van der Waals surface area contributed by atoms with Gasteiger partial charge in [-0.15, -0.1) is 0 Å². The van der Waals surface area contributed by atoms with E-state index in [0.29, 0.717) is 31.9 Å². The lowest BCUT2D eigenvalue weighted by Crippen LogP contribution is -2.08. The van der Waals surface area contributed by atoms with Gasteiger partial charge in [0.1, 0.15) is 0 Å². The number of thioether (sulfide) groups is 2. The Morgan fingerprint density at radius 2 is 1.03 bits per heavy atom. The molecule has 0 heterocycles. The van der Waals surface area contributed by atoms with Crippen molar-refractivity contribution in [1.82, 2.24) is 0 Å². The summed E-state index contributed by atoms with van der Waals surface area (Å²) < 4.78 is 0. The van der Waals surface area contributed by atoms with Gasteiger partial charge in [-0.1, -0.05) is 82.1 Å². The average molecular weight is 504 g/mol. The van der Waals surface area contributed by atoms with Crippen LogP contribution in [0, 0.1) is 13.8 Å². The van der Waals surface area contributed by atoms with E-state index in [1.54, 1.807) is 0 Å². The van der Waals surface area contributed by atoms with E-state index in [1.807, 2.05) is 74.5 Å². The summed E-state index contributed by atoms with van der Waals surface area (Å²) in [4.78, 5) is 8.93. The minimum Gasteiger partial charge on any atom is -0.378 e. The Hall–Kier alpha value is -2.12. The maximum atomic E-state index is 6.27. The molecule has 3 aromatic rings. The molecule has 0 saturated carbocycles. The molecule has 8 heteroatoms. The van der Waals surface area contributed by atoms with Crippen LogP contribution < -0.4 is 11.5 Å². The van der Waals surface area contributed by atoms with Gasteiger partial charge >= 0.3 is 0 Å². The van der Waals surface area contributed by atoms with Crippen LogP contribution in [0.1, 0.15) is 22.3 Å². The van der Waals surface area contributed by atoms with E-state index in [2.05, 4.69) is 9.98 Å². The Kier molecular flexibility index (Phi) is 8.93. The third-order valence-corrected chi connectivity index (χ3v) is 6.95. The van der Waals surface area contributed by atoms with Crippen LogP contribution in [0.2, 0.25) is 10.0 Å². The van der Waals surface area contributed by atoms with E-state index in [-0.39, 0.29) is 0 Å². The van der Waals surface area contributed by atoms with Crippen molar-refractivity contribution in [3.05, 3.63) is 93.0 Å². The van der Waals surface area contributed by atoms with Gasteiger partial charge in [0.2, 0.25) is 0 Å². The number of hydrogen-bond donors (Lipinski definition) is 2. The third kappa shape index (κ3) is 7.48. The van der Waals surface area contributed by atoms with Crippen LogP contribution in [0.25, 0.3) is 0 Å². The highest BCUT2D eigenvalue weighted by Crippen LogP contribution is 2.31. The first-order valence-corrected chi connectivity index (χ1v) is 12.6. The molecule has 0 fully saturated rings. The number of benzene rings is 3. The Balaban J connectivity index is 1.69. The highest BCUT2D eigenvalue weighted by Gasteiger charge is 2.10. The molecule has 0 amide bonds. The molecule has 0 spiro atoms. The topological polar surface area (TPSA) is 76.8 Å². The molecule has 0 saturated heterocycles. The zero-order chi connectivity index (χ0) is 23.1. The Morgan fingerprint density at radius 1 is 0.688 bits per heavy atom. The van der Waals surface area contributed by atoms with Gasteiger partial charge in [0.25, 0.3) is 0 Å². The molecule has 0 radical (unpaired) electrons. The third-order valence-electron chi connectivity index (χ3n) is 4.54. The van der Waals surface area contributed by atoms with Crippen LogP contribution >= 0.6 is 46.7 Å². The minimum absolute atomic E-state index is 0.485. The predicted octanol–water partition coefficient (Wildman–Crippen LogP) is 7.37. The van der Waals surface area contributed by atoms with Gasteiger partial charge in [-0.3, -0.25) is 0 Å². The van der Waals surface area contributed by atoms with Crippen molar-refractivity contribution < 1.29 is 0 Å². The van der Waals surface area contributed by atoms with Crippen molar-refractivity contribution in [2.45, 2.75) is 25.4 Å². The Labute approximate surface area is 207 Å². The molecular formula is C24H24Cl2N4S2. The summed E-state index contributed by atoms with van der Waals surface area (Å²) >= 11 is 15.4. The zero-order valence-corrected chi connectivity index (χ0v) is 21.0. The van der Waals surface area contributed by atoms with E-state index in [0.717, 1.165) is 22.5 Å². The van der Waals surface area contributed by atoms with Crippen molar-refractivity contribution in [1.29, 1.82) is 0 Å². The Morgan fingerprint density at radius 3 is 1.38 bits per heavy atom. The maximum absolute atomic E-state index is 6.27. The second-order valence-electron chi connectivity index (χ2n) is 7.18. The van der Waals surface area contributed by atoms with Gasteiger partial charge in [0, 0.05) is 11.5 Å². The SMILES string of the molecule is Cc1ccc(/N=C(\N)SCc2cc(Cl)c(Cl)cc2CS/C(N)=N/c2ccc(C)cc2)cc1. The summed E-state index contributed by atoms with van der Waals surface area (Å²) in [5.74, 6) is 1.23. The molecule has 0 aliphatic heterocycles. The van der Waals surface area contributed by atoms with Crippen LogP contribution in [0.3, 0.4) is 0 Å². The molecule has 0 atom stereocenters. The fraction of sp³-hybridized carbons (Fsp3) is 0.167. The number of aliphatic imine (C=N–C) groups is 2. The van der Waals surface area contributed by atoms with E-state index in [9.17, 15) is 0 Å². The molecular weight excluding hydrogens is 479 g/mol. The van der Waals surface area contributed by atoms with Gasteiger partial charge in [0.05, 0.1) is 21.4 Å². The fourth-order valence-corrected chi connectivity index (χ4v) is 4.62. The molecule has 166 valence electrons. The van der Waals surface area contributed by atoms with E-state index in [4.69, 9.17) is 34.7 Å². The zero-order valence-electron chi connectivity index (χ0n) is 17.8. The number of amidine groups is 2. The van der Waals surface area contributed by atoms with Gasteiger partial charge in [0.15, 0.2) is 10.3 Å². The molecule has 0 aliphatic carbocycles. The summed E-state index contributed by atoms with van der Waals surface area (Å²) in [5, 5.41) is 1.98. The predicted molar refractivity (Wildman–Crippen MR) is 144 cm³/mol. The smallest absolute Gasteiger partial charge is 0.159 e. The van der Waals surface area contributed by atoms with Crippen LogP contribution in [0.5, 0.6) is 0 Å². The van der Waals surface area contributed by atoms with Crippen molar-refractivity contribution >= 4 is 68.4 Å². The maximum Gasteiger partial charge on any atom is 0.159 e. The standard InChI is InChI=1S/C24H24Cl2N4S2/c1-15-3-7-19(8-4-15)29-23(27)31-13-17-11-21(25)22(26)12-18(17)14-32-24(28)30-20-9-5-16(2)6-10-20/h3-12H,13-14H2,1-2H3,(H2,27,29)(H2,28,30). The molecule has 0 aromatic heterocycles. The minimum atomic E-state index is 0.485. The molecule has 0 unspecified atom stereocenters. The Bertz CT molecular complexity index is 1040. The summed E-state index contributed by atoms with van der Waals surface area (Å²) in [6, 6.07) is 19.6. The molecule has 0 aliphatic rings. The van der Waals surface area contributed by atoms with Gasteiger partial charge in [-0.25, -0.2) is 9.98 Å². The average Bonchev–Trinajstić information content (AvgIpc) is 2.76. The van der Waals surface area contributed by atoms with Crippen LogP contribution in [-0.2, 0) is 11.5 Å². The fourth-order valence-electron chi connectivity index (χ4n) is 2.76. The van der Waals surface area contributed by atoms with Gasteiger partial charge in [-0.2, -0.15) is 0 Å². The quantitative estimate of drug-likeness (QED) is 0.272. The van der Waals surface area contributed by atoms with Gasteiger partial charge < -0.3 is 11.5 Å². The molecule has 4 N–H and O–H groups in total. The van der Waals surface area contributed by atoms with Crippen molar-refractivity contribution in [3.8, 4) is 0 Å². The molecule has 32 heavy (non-hydrogen) atoms. The lowest BCUT2D eigenvalue weighted by molar-refractivity contribution is 1.29. The number of aryl methyl sites for hydroxylation is 2. The molecule has 3 aromatic carbocycles. The molecule has 0 bridgehead atoms.